The molecule has 21 heavy (non-hydrogen) atoms. The Hall–Kier alpha value is -2.61. The van der Waals surface area contributed by atoms with Crippen molar-refractivity contribution in [2.45, 2.75) is 5.03 Å². The van der Waals surface area contributed by atoms with E-state index in [2.05, 4.69) is 14.7 Å². The largest absolute Gasteiger partial charge is 0.381 e. The molecule has 0 aliphatic carbocycles. The number of anilines is 2. The first-order valence-corrected chi connectivity index (χ1v) is 7.60. The lowest BCUT2D eigenvalue weighted by Crippen LogP contribution is -2.17. The lowest BCUT2D eigenvalue weighted by atomic mass is 10.2. The summed E-state index contributed by atoms with van der Waals surface area (Å²) in [7, 11) is -2.25. The number of sulfonamides is 1. The Morgan fingerprint density at radius 3 is 2.71 bits per heavy atom. The zero-order valence-electron chi connectivity index (χ0n) is 11.2. The van der Waals surface area contributed by atoms with Crippen LogP contribution in [0, 0.1) is 0 Å². The smallest absolute Gasteiger partial charge is 0.281 e. The predicted octanol–water partition coefficient (Wildman–Crippen LogP) is 1.35. The Kier molecular flexibility index (Phi) is 3.02. The molecule has 0 spiro atoms. The molecule has 0 saturated heterocycles. The van der Waals surface area contributed by atoms with Crippen LogP contribution in [0.1, 0.15) is 0 Å². The van der Waals surface area contributed by atoms with Crippen molar-refractivity contribution < 1.29 is 8.42 Å². The number of nitrogens with two attached hydrogens (primary N) is 1. The molecular formula is C13H13N5O2S. The number of pyridine rings is 1. The van der Waals surface area contributed by atoms with Crippen molar-refractivity contribution in [2.75, 3.05) is 10.5 Å². The van der Waals surface area contributed by atoms with E-state index in [-0.39, 0.29) is 10.8 Å². The molecule has 1 aromatic carbocycles. The normalized spacial score (nSPS) is 11.7. The van der Waals surface area contributed by atoms with Crippen LogP contribution in [0.15, 0.2) is 47.9 Å². The van der Waals surface area contributed by atoms with Gasteiger partial charge in [-0.3, -0.25) is 9.71 Å². The van der Waals surface area contributed by atoms with Crippen LogP contribution >= 0.6 is 0 Å². The van der Waals surface area contributed by atoms with E-state index in [0.717, 1.165) is 10.9 Å². The molecule has 2 heterocycles. The minimum atomic E-state index is -3.81. The second-order valence-corrected chi connectivity index (χ2v) is 6.17. The van der Waals surface area contributed by atoms with Crippen molar-refractivity contribution in [1.82, 2.24) is 14.5 Å². The Bertz CT molecular complexity index is 898. The first kappa shape index (κ1) is 13.4. The van der Waals surface area contributed by atoms with E-state index in [4.69, 9.17) is 5.73 Å². The molecule has 2 aromatic heterocycles. The number of fused-ring (bicyclic) bond motifs is 1. The molecule has 3 N–H and O–H groups in total. The van der Waals surface area contributed by atoms with E-state index in [9.17, 15) is 8.42 Å². The van der Waals surface area contributed by atoms with Crippen LogP contribution in [0.2, 0.25) is 0 Å². The Labute approximate surface area is 121 Å². The van der Waals surface area contributed by atoms with Gasteiger partial charge in [0, 0.05) is 12.4 Å². The fraction of sp³-hybridized carbons (Fsp3) is 0.0769. The van der Waals surface area contributed by atoms with E-state index in [1.807, 2.05) is 24.3 Å². The maximum absolute atomic E-state index is 12.4. The van der Waals surface area contributed by atoms with Gasteiger partial charge < -0.3 is 10.3 Å². The predicted molar refractivity (Wildman–Crippen MR) is 80.2 cm³/mol. The average Bonchev–Trinajstić information content (AvgIpc) is 2.78. The third-order valence-corrected chi connectivity index (χ3v) is 4.52. The van der Waals surface area contributed by atoms with Crippen molar-refractivity contribution in [3.8, 4) is 0 Å². The maximum atomic E-state index is 12.4. The van der Waals surface area contributed by atoms with Crippen molar-refractivity contribution in [3.63, 3.8) is 0 Å². The Morgan fingerprint density at radius 2 is 2.00 bits per heavy atom. The molecule has 0 saturated carbocycles. The van der Waals surface area contributed by atoms with Crippen molar-refractivity contribution in [2.24, 2.45) is 7.05 Å². The molecule has 0 atom stereocenters. The molecule has 0 bridgehead atoms. The number of para-hydroxylation sites is 1. The molecule has 0 aliphatic heterocycles. The highest BCUT2D eigenvalue weighted by molar-refractivity contribution is 7.92. The summed E-state index contributed by atoms with van der Waals surface area (Å²) < 4.78 is 28.5. The molecule has 3 aromatic rings. The van der Waals surface area contributed by atoms with Gasteiger partial charge in [-0.2, -0.15) is 8.42 Å². The third kappa shape index (κ3) is 2.40. The third-order valence-electron chi connectivity index (χ3n) is 3.01. The minimum Gasteiger partial charge on any atom is -0.381 e. The number of nitrogen functional groups attached to an aromatic ring is 1. The number of rotatable bonds is 3. The van der Waals surface area contributed by atoms with Gasteiger partial charge in [-0.05, 0) is 12.1 Å². The molecule has 3 rings (SSSR count). The molecule has 0 unspecified atom stereocenters. The second-order valence-electron chi connectivity index (χ2n) is 4.57. The molecule has 0 fully saturated rings. The minimum absolute atomic E-state index is 0.0428. The van der Waals surface area contributed by atoms with Crippen LogP contribution in [-0.2, 0) is 17.1 Å². The van der Waals surface area contributed by atoms with Gasteiger partial charge in [-0.25, -0.2) is 4.98 Å². The quantitative estimate of drug-likeness (QED) is 0.760. The van der Waals surface area contributed by atoms with Crippen LogP contribution < -0.4 is 10.5 Å². The monoisotopic (exact) mass is 303 g/mol. The highest BCUT2D eigenvalue weighted by Gasteiger charge is 2.22. The fourth-order valence-corrected chi connectivity index (χ4v) is 3.37. The number of hydrogen-bond acceptors (Lipinski definition) is 5. The van der Waals surface area contributed by atoms with Gasteiger partial charge >= 0.3 is 0 Å². The summed E-state index contributed by atoms with van der Waals surface area (Å²) in [6, 6.07) is 9.16. The molecule has 7 nitrogen and oxygen atoms in total. The molecule has 0 aliphatic rings. The summed E-state index contributed by atoms with van der Waals surface area (Å²) in [4.78, 5) is 7.99. The van der Waals surface area contributed by atoms with Gasteiger partial charge in [0.05, 0.1) is 23.7 Å². The average molecular weight is 303 g/mol. The van der Waals surface area contributed by atoms with E-state index in [1.54, 1.807) is 13.1 Å². The standard InChI is InChI=1S/C13H13N5O2S/c1-18-8-16-12(14)13(18)21(19,20)17-10-6-9-4-2-3-5-11(9)15-7-10/h2-8,17H,14H2,1H3. The van der Waals surface area contributed by atoms with Crippen molar-refractivity contribution in [3.05, 3.63) is 42.9 Å². The van der Waals surface area contributed by atoms with E-state index in [1.165, 1.54) is 17.1 Å². The number of nitrogens with zero attached hydrogens (tertiary/aromatic N) is 3. The number of imidazole rings is 1. The highest BCUT2D eigenvalue weighted by Crippen LogP contribution is 2.21. The van der Waals surface area contributed by atoms with Gasteiger partial charge in [-0.15, -0.1) is 0 Å². The number of aryl methyl sites for hydroxylation is 1. The zero-order valence-corrected chi connectivity index (χ0v) is 12.0. The van der Waals surface area contributed by atoms with Crippen LogP contribution in [0.3, 0.4) is 0 Å². The molecular weight excluding hydrogens is 290 g/mol. The highest BCUT2D eigenvalue weighted by atomic mass is 32.2. The van der Waals surface area contributed by atoms with Gasteiger partial charge in [0.1, 0.15) is 0 Å². The summed E-state index contributed by atoms with van der Waals surface area (Å²) in [5.41, 5.74) is 6.77. The van der Waals surface area contributed by atoms with E-state index < -0.39 is 10.0 Å². The molecule has 108 valence electrons. The summed E-state index contributed by atoms with van der Waals surface area (Å²) in [6.45, 7) is 0. The van der Waals surface area contributed by atoms with E-state index >= 15 is 0 Å². The fourth-order valence-electron chi connectivity index (χ4n) is 2.09. The van der Waals surface area contributed by atoms with Gasteiger partial charge in [0.15, 0.2) is 10.8 Å². The zero-order chi connectivity index (χ0) is 15.0. The molecule has 0 amide bonds. The summed E-state index contributed by atoms with van der Waals surface area (Å²) in [5.74, 6) is -0.0428. The topological polar surface area (TPSA) is 103 Å². The van der Waals surface area contributed by atoms with Crippen LogP contribution in [0.25, 0.3) is 10.9 Å². The first-order valence-electron chi connectivity index (χ1n) is 6.12. The lowest BCUT2D eigenvalue weighted by Gasteiger charge is -2.09. The SMILES string of the molecule is Cn1cnc(N)c1S(=O)(=O)Nc1cnc2ccccc2c1. The Morgan fingerprint density at radius 1 is 1.24 bits per heavy atom. The number of nitrogens with one attached hydrogen (secondary N) is 1. The van der Waals surface area contributed by atoms with Gasteiger partial charge in [0.2, 0.25) is 0 Å². The molecule has 0 radical (unpaired) electrons. The molecule has 8 heteroatoms. The van der Waals surface area contributed by atoms with Gasteiger partial charge in [-0.1, -0.05) is 18.2 Å². The van der Waals surface area contributed by atoms with Crippen molar-refractivity contribution in [1.29, 1.82) is 0 Å². The van der Waals surface area contributed by atoms with Crippen LogP contribution in [0.4, 0.5) is 11.5 Å². The first-order chi connectivity index (χ1) is 9.97. The second kappa shape index (κ2) is 4.74. The summed E-state index contributed by atoms with van der Waals surface area (Å²) in [5, 5.41) is 0.770. The Balaban J connectivity index is 2.01. The maximum Gasteiger partial charge on any atom is 0.281 e. The van der Waals surface area contributed by atoms with Gasteiger partial charge in [0.25, 0.3) is 10.0 Å². The summed E-state index contributed by atoms with van der Waals surface area (Å²) >= 11 is 0. The van der Waals surface area contributed by atoms with E-state index in [0.29, 0.717) is 5.69 Å². The number of benzene rings is 1. The van der Waals surface area contributed by atoms with Crippen LogP contribution in [0.5, 0.6) is 0 Å². The summed E-state index contributed by atoms with van der Waals surface area (Å²) in [6.07, 6.45) is 2.81. The lowest BCUT2D eigenvalue weighted by molar-refractivity contribution is 0.592. The number of hydrogen-bond donors (Lipinski definition) is 2. The van der Waals surface area contributed by atoms with Crippen molar-refractivity contribution >= 4 is 32.4 Å². The number of aromatic nitrogens is 3. The van der Waals surface area contributed by atoms with Crippen LogP contribution in [-0.4, -0.2) is 23.0 Å².